The van der Waals surface area contributed by atoms with Gasteiger partial charge in [0.05, 0.1) is 11.6 Å². The van der Waals surface area contributed by atoms with Crippen LogP contribution in [0.15, 0.2) is 54.7 Å². The smallest absolute Gasteiger partial charge is 0.257 e. The van der Waals surface area contributed by atoms with Gasteiger partial charge >= 0.3 is 0 Å². The van der Waals surface area contributed by atoms with E-state index in [1.54, 1.807) is 4.90 Å². The molecule has 0 radical (unpaired) electrons. The summed E-state index contributed by atoms with van der Waals surface area (Å²) in [6, 6.07) is 15.7. The van der Waals surface area contributed by atoms with Crippen molar-refractivity contribution in [3.8, 4) is 5.75 Å². The number of hydrogen-bond donors (Lipinski definition) is 1. The average molecular weight is 504 g/mol. The molecular weight excluding hydrogens is 462 g/mol. The standard InChI is InChI=1S/C31H41N3O3/c1-23(2)20-25-22-37-29-15-9-7-13-27(29)31(36)33(3)18-10-4-5-11-19-34(25)30(35)17-16-24-21-32-28-14-8-6-12-26(24)28/h6-9,12-15,21,23,25,32H,4-5,10-11,16-20,22H2,1-3H3/t25-/m0/s1. The van der Waals surface area contributed by atoms with Gasteiger partial charge in [-0.05, 0) is 55.4 Å². The largest absolute Gasteiger partial charge is 0.491 e. The molecule has 0 bridgehead atoms. The zero-order valence-electron chi connectivity index (χ0n) is 22.5. The molecule has 0 aliphatic carbocycles. The third-order valence-corrected chi connectivity index (χ3v) is 7.33. The number of aryl methyl sites for hydroxylation is 1. The fourth-order valence-electron chi connectivity index (χ4n) is 5.31. The SMILES string of the molecule is CC(C)C[C@H]1COc2ccccc2C(=O)N(C)CCCCCCN1C(=O)CCc1c[nH]c2ccccc12. The van der Waals surface area contributed by atoms with Crippen molar-refractivity contribution in [2.24, 2.45) is 5.92 Å². The maximum atomic E-state index is 13.7. The molecule has 37 heavy (non-hydrogen) atoms. The van der Waals surface area contributed by atoms with E-state index >= 15 is 0 Å². The molecule has 0 saturated heterocycles. The van der Waals surface area contributed by atoms with E-state index in [4.69, 9.17) is 4.74 Å². The number of nitrogens with one attached hydrogen (secondary N) is 1. The number of carbonyl (C=O) groups excluding carboxylic acids is 2. The van der Waals surface area contributed by atoms with E-state index in [1.165, 1.54) is 10.9 Å². The first-order valence-corrected chi connectivity index (χ1v) is 13.8. The molecule has 1 atom stereocenters. The van der Waals surface area contributed by atoms with Crippen LogP contribution in [0.3, 0.4) is 0 Å². The van der Waals surface area contributed by atoms with Crippen LogP contribution < -0.4 is 4.74 Å². The molecule has 2 amide bonds. The Bertz CT molecular complexity index is 1190. The van der Waals surface area contributed by atoms with E-state index in [0.717, 1.165) is 50.7 Å². The van der Waals surface area contributed by atoms with Crippen LogP contribution in [0.5, 0.6) is 5.75 Å². The van der Waals surface area contributed by atoms with Crippen molar-refractivity contribution in [2.45, 2.75) is 64.8 Å². The Morgan fingerprint density at radius 1 is 1.03 bits per heavy atom. The minimum absolute atomic E-state index is 0.0141. The summed E-state index contributed by atoms with van der Waals surface area (Å²) in [4.78, 5) is 34.0. The fraction of sp³-hybridized carbons (Fsp3) is 0.484. The van der Waals surface area contributed by atoms with Gasteiger partial charge in [0.15, 0.2) is 0 Å². The number of benzene rings is 2. The second-order valence-corrected chi connectivity index (χ2v) is 10.7. The molecule has 2 aromatic carbocycles. The van der Waals surface area contributed by atoms with Crippen LogP contribution in [-0.2, 0) is 11.2 Å². The average Bonchev–Trinajstić information content (AvgIpc) is 3.31. The van der Waals surface area contributed by atoms with Crippen LogP contribution in [0.25, 0.3) is 10.9 Å². The van der Waals surface area contributed by atoms with Crippen LogP contribution in [0.2, 0.25) is 0 Å². The van der Waals surface area contributed by atoms with Crippen LogP contribution in [0.1, 0.15) is 68.3 Å². The zero-order chi connectivity index (χ0) is 26.2. The third kappa shape index (κ3) is 6.94. The van der Waals surface area contributed by atoms with Crippen molar-refractivity contribution in [3.63, 3.8) is 0 Å². The molecule has 6 heteroatoms. The van der Waals surface area contributed by atoms with Crippen LogP contribution in [-0.4, -0.2) is 59.4 Å². The number of aromatic amines is 1. The first-order valence-electron chi connectivity index (χ1n) is 13.8. The van der Waals surface area contributed by atoms with Crippen LogP contribution in [0, 0.1) is 5.92 Å². The molecule has 0 fully saturated rings. The van der Waals surface area contributed by atoms with E-state index in [9.17, 15) is 9.59 Å². The number of aromatic nitrogens is 1. The molecule has 1 N–H and O–H groups in total. The van der Waals surface area contributed by atoms with Gasteiger partial charge < -0.3 is 19.5 Å². The first kappa shape index (κ1) is 26.8. The summed E-state index contributed by atoms with van der Waals surface area (Å²) in [6.07, 6.45) is 8.06. The van der Waals surface area contributed by atoms with E-state index < -0.39 is 0 Å². The summed E-state index contributed by atoms with van der Waals surface area (Å²) in [5.74, 6) is 1.17. The van der Waals surface area contributed by atoms with Gasteiger partial charge in [0, 0.05) is 43.7 Å². The highest BCUT2D eigenvalue weighted by Gasteiger charge is 2.26. The highest BCUT2D eigenvalue weighted by Crippen LogP contribution is 2.24. The molecular formula is C31H41N3O3. The fourth-order valence-corrected chi connectivity index (χ4v) is 5.31. The lowest BCUT2D eigenvalue weighted by molar-refractivity contribution is -0.134. The van der Waals surface area contributed by atoms with Crippen molar-refractivity contribution < 1.29 is 14.3 Å². The lowest BCUT2D eigenvalue weighted by Gasteiger charge is -2.34. The van der Waals surface area contributed by atoms with Gasteiger partial charge in [-0.25, -0.2) is 0 Å². The lowest BCUT2D eigenvalue weighted by Crippen LogP contribution is -2.45. The number of carbonyl (C=O) groups is 2. The van der Waals surface area contributed by atoms with Crippen molar-refractivity contribution >= 4 is 22.7 Å². The summed E-state index contributed by atoms with van der Waals surface area (Å²) in [7, 11) is 1.86. The molecule has 0 saturated carbocycles. The Balaban J connectivity index is 1.54. The van der Waals surface area contributed by atoms with E-state index in [0.29, 0.717) is 36.7 Å². The molecule has 4 rings (SSSR count). The Morgan fingerprint density at radius 3 is 2.57 bits per heavy atom. The molecule has 2 heterocycles. The van der Waals surface area contributed by atoms with Gasteiger partial charge in [-0.15, -0.1) is 0 Å². The number of nitrogens with zero attached hydrogens (tertiary/aromatic N) is 2. The second kappa shape index (κ2) is 12.8. The molecule has 6 nitrogen and oxygen atoms in total. The summed E-state index contributed by atoms with van der Waals surface area (Å²) in [6.45, 7) is 6.21. The highest BCUT2D eigenvalue weighted by molar-refractivity contribution is 5.96. The van der Waals surface area contributed by atoms with E-state index in [2.05, 4.69) is 35.9 Å². The predicted molar refractivity (Wildman–Crippen MR) is 149 cm³/mol. The van der Waals surface area contributed by atoms with Crippen molar-refractivity contribution in [1.29, 1.82) is 0 Å². The Kier molecular flexibility index (Phi) is 9.26. The number of ether oxygens (including phenoxy) is 1. The molecule has 198 valence electrons. The number of rotatable bonds is 5. The molecule has 0 unspecified atom stereocenters. The predicted octanol–water partition coefficient (Wildman–Crippen LogP) is 6.07. The van der Waals surface area contributed by atoms with Gasteiger partial charge in [-0.1, -0.05) is 57.0 Å². The maximum absolute atomic E-state index is 13.7. The number of fused-ring (bicyclic) bond motifs is 2. The molecule has 1 aromatic heterocycles. The molecule has 1 aliphatic heterocycles. The molecule has 0 spiro atoms. The Morgan fingerprint density at radius 2 is 1.76 bits per heavy atom. The topological polar surface area (TPSA) is 65.6 Å². The Hall–Kier alpha value is -3.28. The van der Waals surface area contributed by atoms with Crippen molar-refractivity contribution in [2.75, 3.05) is 26.7 Å². The normalized spacial score (nSPS) is 17.9. The molecule has 3 aromatic rings. The summed E-state index contributed by atoms with van der Waals surface area (Å²) >= 11 is 0. The number of H-pyrrole nitrogens is 1. The highest BCUT2D eigenvalue weighted by atomic mass is 16.5. The van der Waals surface area contributed by atoms with E-state index in [1.807, 2.05) is 49.6 Å². The lowest BCUT2D eigenvalue weighted by atomic mass is 10.0. The van der Waals surface area contributed by atoms with Gasteiger partial charge in [-0.2, -0.15) is 0 Å². The van der Waals surface area contributed by atoms with Gasteiger partial charge in [0.2, 0.25) is 5.91 Å². The third-order valence-electron chi connectivity index (χ3n) is 7.33. The molecule has 1 aliphatic rings. The monoisotopic (exact) mass is 503 g/mol. The summed E-state index contributed by atoms with van der Waals surface area (Å²) in [5.41, 5.74) is 2.87. The van der Waals surface area contributed by atoms with Gasteiger partial charge in [0.1, 0.15) is 12.4 Å². The Labute approximate surface area is 221 Å². The quantitative estimate of drug-likeness (QED) is 0.460. The number of amides is 2. The van der Waals surface area contributed by atoms with Crippen molar-refractivity contribution in [1.82, 2.24) is 14.8 Å². The second-order valence-electron chi connectivity index (χ2n) is 10.7. The van der Waals surface area contributed by atoms with Crippen LogP contribution >= 0.6 is 0 Å². The van der Waals surface area contributed by atoms with Crippen LogP contribution in [0.4, 0.5) is 0 Å². The summed E-state index contributed by atoms with van der Waals surface area (Å²) in [5, 5.41) is 1.18. The minimum Gasteiger partial charge on any atom is -0.491 e. The number of para-hydroxylation sites is 2. The first-order chi connectivity index (χ1) is 17.9. The van der Waals surface area contributed by atoms with E-state index in [-0.39, 0.29) is 17.9 Å². The van der Waals surface area contributed by atoms with Crippen molar-refractivity contribution in [3.05, 3.63) is 65.9 Å². The van der Waals surface area contributed by atoms with Gasteiger partial charge in [0.25, 0.3) is 5.91 Å². The zero-order valence-corrected chi connectivity index (χ0v) is 22.5. The van der Waals surface area contributed by atoms with Gasteiger partial charge in [-0.3, -0.25) is 9.59 Å². The minimum atomic E-state index is -0.0423. The summed E-state index contributed by atoms with van der Waals surface area (Å²) < 4.78 is 6.31. The maximum Gasteiger partial charge on any atom is 0.257 e. The number of hydrogen-bond acceptors (Lipinski definition) is 3.